The van der Waals surface area contributed by atoms with Crippen LogP contribution in [-0.2, 0) is 14.9 Å². The van der Waals surface area contributed by atoms with E-state index in [-0.39, 0.29) is 25.6 Å². The first kappa shape index (κ1) is 19.8. The van der Waals surface area contributed by atoms with Gasteiger partial charge < -0.3 is 4.18 Å². The third kappa shape index (κ3) is 4.47. The Morgan fingerprint density at radius 1 is 1.07 bits per heavy atom. The first-order valence-electron chi connectivity index (χ1n) is 7.41. The summed E-state index contributed by atoms with van der Waals surface area (Å²) < 4.78 is 29.9. The monoisotopic (exact) mass is 443 g/mol. The number of benzene rings is 2. The molecule has 1 heterocycles. The standard InChI is InChI=1S/C17H11Cl2NO5S2/c1-9-2-4-11(5-3-9)27(23,24)25-15-12(18)6-10(7-13(15)19)8-14-16(21)20-17(22)26-14/h2-8H,1H3,(H,20,21,22)/b14-8-. The normalized spacial score (nSPS) is 15.9. The van der Waals surface area contributed by atoms with Crippen LogP contribution in [0.15, 0.2) is 46.2 Å². The summed E-state index contributed by atoms with van der Waals surface area (Å²) in [5.74, 6) is -0.750. The number of amides is 2. The minimum atomic E-state index is -4.12. The van der Waals surface area contributed by atoms with Crippen LogP contribution in [0.25, 0.3) is 6.08 Å². The number of thioether (sulfide) groups is 1. The van der Waals surface area contributed by atoms with E-state index in [0.717, 1.165) is 17.3 Å². The van der Waals surface area contributed by atoms with Crippen LogP contribution in [0.4, 0.5) is 4.79 Å². The molecule has 1 fully saturated rings. The topological polar surface area (TPSA) is 89.5 Å². The number of hydrogen-bond acceptors (Lipinski definition) is 6. The second-order valence-electron chi connectivity index (χ2n) is 5.52. The van der Waals surface area contributed by atoms with Gasteiger partial charge in [-0.1, -0.05) is 40.9 Å². The lowest BCUT2D eigenvalue weighted by Gasteiger charge is -2.11. The number of nitrogens with one attached hydrogen (secondary N) is 1. The van der Waals surface area contributed by atoms with Crippen molar-refractivity contribution < 1.29 is 22.2 Å². The summed E-state index contributed by atoms with van der Waals surface area (Å²) in [6, 6.07) is 8.88. The molecular weight excluding hydrogens is 433 g/mol. The third-order valence-corrected chi connectivity index (χ3v) is 6.07. The fraction of sp³-hybridized carbons (Fsp3) is 0.0588. The Labute approximate surface area is 169 Å². The van der Waals surface area contributed by atoms with Crippen LogP contribution in [0, 0.1) is 6.92 Å². The maximum atomic E-state index is 12.4. The van der Waals surface area contributed by atoms with Crippen LogP contribution in [0.1, 0.15) is 11.1 Å². The molecule has 0 unspecified atom stereocenters. The van der Waals surface area contributed by atoms with Crippen LogP contribution in [0.2, 0.25) is 10.0 Å². The minimum absolute atomic E-state index is 0.0380. The molecule has 0 atom stereocenters. The van der Waals surface area contributed by atoms with Crippen LogP contribution in [0.5, 0.6) is 5.75 Å². The summed E-state index contributed by atoms with van der Waals surface area (Å²) in [6.45, 7) is 1.83. The van der Waals surface area contributed by atoms with Crippen molar-refractivity contribution >= 4 is 62.3 Å². The molecule has 0 spiro atoms. The van der Waals surface area contributed by atoms with Crippen molar-refractivity contribution in [3.63, 3.8) is 0 Å². The molecule has 0 bridgehead atoms. The van der Waals surface area contributed by atoms with Crippen LogP contribution in [-0.4, -0.2) is 19.6 Å². The Morgan fingerprint density at radius 2 is 1.67 bits per heavy atom. The van der Waals surface area contributed by atoms with Gasteiger partial charge in [0.1, 0.15) is 4.90 Å². The van der Waals surface area contributed by atoms with E-state index >= 15 is 0 Å². The molecule has 0 saturated carbocycles. The van der Waals surface area contributed by atoms with Gasteiger partial charge in [-0.25, -0.2) is 0 Å². The first-order chi connectivity index (χ1) is 12.7. The summed E-state index contributed by atoms with van der Waals surface area (Å²) in [6.07, 6.45) is 1.42. The van der Waals surface area contributed by atoms with E-state index in [4.69, 9.17) is 27.4 Å². The quantitative estimate of drug-likeness (QED) is 0.556. The zero-order chi connectivity index (χ0) is 19.8. The van der Waals surface area contributed by atoms with Gasteiger partial charge in [0.05, 0.1) is 15.0 Å². The Bertz CT molecular complexity index is 1060. The highest BCUT2D eigenvalue weighted by Gasteiger charge is 2.26. The summed E-state index contributed by atoms with van der Waals surface area (Å²) in [4.78, 5) is 22.9. The second-order valence-corrected chi connectivity index (χ2v) is 8.89. The third-order valence-electron chi connectivity index (χ3n) is 3.46. The molecule has 6 nitrogen and oxygen atoms in total. The van der Waals surface area contributed by atoms with Gasteiger partial charge in [-0.15, -0.1) is 0 Å². The largest absolute Gasteiger partial charge is 0.376 e. The molecule has 0 aliphatic carbocycles. The number of halogens is 2. The van der Waals surface area contributed by atoms with Crippen molar-refractivity contribution in [2.75, 3.05) is 0 Å². The summed E-state index contributed by atoms with van der Waals surface area (Å²) in [7, 11) is -4.12. The van der Waals surface area contributed by atoms with Gasteiger partial charge in [0.15, 0.2) is 5.75 Å². The summed E-state index contributed by atoms with van der Waals surface area (Å²) in [5, 5.41) is 1.54. The Balaban J connectivity index is 1.92. The molecule has 0 aromatic heterocycles. The number of rotatable bonds is 4. The fourth-order valence-electron chi connectivity index (χ4n) is 2.18. The highest BCUT2D eigenvalue weighted by molar-refractivity contribution is 8.18. The SMILES string of the molecule is Cc1ccc(S(=O)(=O)Oc2c(Cl)cc(/C=C3\SC(=O)NC3=O)cc2Cl)cc1. The fourth-order valence-corrected chi connectivity index (χ4v) is 4.50. The molecule has 1 N–H and O–H groups in total. The summed E-state index contributed by atoms with van der Waals surface area (Å²) in [5.41, 5.74) is 1.31. The maximum absolute atomic E-state index is 12.4. The van der Waals surface area contributed by atoms with E-state index in [2.05, 4.69) is 5.32 Å². The molecule has 0 radical (unpaired) electrons. The Morgan fingerprint density at radius 3 is 2.19 bits per heavy atom. The minimum Gasteiger partial charge on any atom is -0.376 e. The highest BCUT2D eigenvalue weighted by atomic mass is 35.5. The molecule has 1 aliphatic heterocycles. The molecule has 140 valence electrons. The van der Waals surface area contributed by atoms with Gasteiger partial charge in [-0.3, -0.25) is 14.9 Å². The number of hydrogen-bond donors (Lipinski definition) is 1. The van der Waals surface area contributed by atoms with Crippen molar-refractivity contribution in [1.82, 2.24) is 5.32 Å². The number of aryl methyl sites for hydroxylation is 1. The van der Waals surface area contributed by atoms with Gasteiger partial charge in [-0.2, -0.15) is 8.42 Å². The zero-order valence-electron chi connectivity index (χ0n) is 13.7. The summed E-state index contributed by atoms with van der Waals surface area (Å²) >= 11 is 13.0. The van der Waals surface area contributed by atoms with Crippen LogP contribution < -0.4 is 9.50 Å². The lowest BCUT2D eigenvalue weighted by atomic mass is 10.2. The average Bonchev–Trinajstić information content (AvgIpc) is 2.89. The number of carbonyl (C=O) groups excluding carboxylic acids is 2. The van der Waals surface area contributed by atoms with Gasteiger partial charge in [0.2, 0.25) is 0 Å². The maximum Gasteiger partial charge on any atom is 0.339 e. The smallest absolute Gasteiger partial charge is 0.339 e. The van der Waals surface area contributed by atoms with Gasteiger partial charge in [0.25, 0.3) is 11.1 Å². The second kappa shape index (κ2) is 7.55. The molecular formula is C17H11Cl2NO5S2. The van der Waals surface area contributed by atoms with E-state index in [9.17, 15) is 18.0 Å². The van der Waals surface area contributed by atoms with Crippen LogP contribution in [0.3, 0.4) is 0 Å². The molecule has 3 rings (SSSR count). The van der Waals surface area contributed by atoms with Crippen LogP contribution >= 0.6 is 35.0 Å². The first-order valence-corrected chi connectivity index (χ1v) is 10.4. The average molecular weight is 444 g/mol. The van der Waals surface area contributed by atoms with E-state index < -0.39 is 21.3 Å². The van der Waals surface area contributed by atoms with E-state index in [1.165, 1.54) is 30.3 Å². The molecule has 2 amide bonds. The molecule has 1 saturated heterocycles. The predicted molar refractivity (Wildman–Crippen MR) is 105 cm³/mol. The van der Waals surface area contributed by atoms with Crippen molar-refractivity contribution in [2.45, 2.75) is 11.8 Å². The molecule has 27 heavy (non-hydrogen) atoms. The number of imide groups is 1. The highest BCUT2D eigenvalue weighted by Crippen LogP contribution is 2.37. The lowest BCUT2D eigenvalue weighted by Crippen LogP contribution is -2.17. The van der Waals surface area contributed by atoms with E-state index in [0.29, 0.717) is 5.56 Å². The molecule has 2 aromatic carbocycles. The molecule has 10 heteroatoms. The molecule has 2 aromatic rings. The van der Waals surface area contributed by atoms with E-state index in [1.807, 2.05) is 6.92 Å². The van der Waals surface area contributed by atoms with E-state index in [1.54, 1.807) is 12.1 Å². The molecule has 1 aliphatic rings. The number of carbonyl (C=O) groups is 2. The van der Waals surface area contributed by atoms with Gasteiger partial charge >= 0.3 is 10.1 Å². The van der Waals surface area contributed by atoms with Crippen molar-refractivity contribution in [1.29, 1.82) is 0 Å². The van der Waals surface area contributed by atoms with Crippen molar-refractivity contribution in [2.24, 2.45) is 0 Å². The predicted octanol–water partition coefficient (Wildman–Crippen LogP) is 4.39. The Hall–Kier alpha value is -2.00. The van der Waals surface area contributed by atoms with Gasteiger partial charge in [0, 0.05) is 0 Å². The van der Waals surface area contributed by atoms with Crippen molar-refractivity contribution in [3.05, 3.63) is 62.5 Å². The zero-order valence-corrected chi connectivity index (χ0v) is 16.8. The van der Waals surface area contributed by atoms with Crippen molar-refractivity contribution in [3.8, 4) is 5.75 Å². The Kier molecular flexibility index (Phi) is 5.53. The van der Waals surface area contributed by atoms with Gasteiger partial charge in [-0.05, 0) is 54.6 Å². The lowest BCUT2D eigenvalue weighted by molar-refractivity contribution is -0.115.